The van der Waals surface area contributed by atoms with Crippen molar-refractivity contribution >= 4 is 28.8 Å². The molecule has 1 fully saturated rings. The Balaban J connectivity index is 2.12. The van der Waals surface area contributed by atoms with E-state index in [0.29, 0.717) is 12.0 Å². The number of benzene rings is 1. The first-order valence-corrected chi connectivity index (χ1v) is 7.04. The average molecular weight is 307 g/mol. The third kappa shape index (κ3) is 2.37. The van der Waals surface area contributed by atoms with Crippen molar-refractivity contribution in [2.75, 3.05) is 6.54 Å². The van der Waals surface area contributed by atoms with Gasteiger partial charge in [-0.25, -0.2) is 4.39 Å². The third-order valence-corrected chi connectivity index (χ3v) is 4.25. The first kappa shape index (κ1) is 13.9. The summed E-state index contributed by atoms with van der Waals surface area (Å²) in [7, 11) is 0. The number of hydrogen-bond donors (Lipinski definition) is 0. The second kappa shape index (κ2) is 5.39. The van der Waals surface area contributed by atoms with Crippen LogP contribution in [0.1, 0.15) is 24.8 Å². The van der Waals surface area contributed by atoms with Crippen LogP contribution < -0.4 is 0 Å². The summed E-state index contributed by atoms with van der Waals surface area (Å²) in [6.45, 7) is 0.745. The Morgan fingerprint density at radius 1 is 1.48 bits per heavy atom. The zero-order valence-electron chi connectivity index (χ0n) is 11.1. The molecule has 0 N–H and O–H groups in total. The quantitative estimate of drug-likeness (QED) is 0.458. The summed E-state index contributed by atoms with van der Waals surface area (Å²) in [5, 5.41) is 3.46. The van der Waals surface area contributed by atoms with Crippen LogP contribution in [-0.2, 0) is 4.79 Å². The molecule has 0 radical (unpaired) electrons. The van der Waals surface area contributed by atoms with Gasteiger partial charge in [-0.3, -0.25) is 4.79 Å². The lowest BCUT2D eigenvalue weighted by Gasteiger charge is -2.29. The smallest absolute Gasteiger partial charge is 0.247 e. The molecule has 1 unspecified atom stereocenters. The zero-order chi connectivity index (χ0) is 15.0. The molecule has 1 atom stereocenters. The summed E-state index contributed by atoms with van der Waals surface area (Å²) in [5.74, 6) is -0.767. The second-order valence-corrected chi connectivity index (χ2v) is 5.55. The van der Waals surface area contributed by atoms with Gasteiger partial charge < -0.3 is 4.90 Å². The molecule has 21 heavy (non-hydrogen) atoms. The lowest BCUT2D eigenvalue weighted by Crippen LogP contribution is -2.37. The van der Waals surface area contributed by atoms with Gasteiger partial charge in [0.05, 0.1) is 5.02 Å². The fourth-order valence-corrected chi connectivity index (χ4v) is 3.19. The largest absolute Gasteiger partial charge is 0.336 e. The summed E-state index contributed by atoms with van der Waals surface area (Å²) < 4.78 is 14.4. The summed E-state index contributed by atoms with van der Waals surface area (Å²) in [6.07, 6.45) is 3.84. The Hall–Kier alpha value is -2.04. The molecule has 1 saturated heterocycles. The first-order chi connectivity index (χ1) is 10.1. The van der Waals surface area contributed by atoms with Crippen LogP contribution in [0.25, 0.3) is 16.0 Å². The van der Waals surface area contributed by atoms with Gasteiger partial charge in [-0.15, -0.1) is 0 Å². The van der Waals surface area contributed by atoms with Gasteiger partial charge in [-0.2, -0.15) is 0 Å². The summed E-state index contributed by atoms with van der Waals surface area (Å²) in [5.41, 5.74) is 9.46. The molecule has 2 aliphatic rings. The van der Waals surface area contributed by atoms with Gasteiger partial charge in [-0.05, 0) is 36.4 Å². The van der Waals surface area contributed by atoms with Crippen LogP contribution in [0.4, 0.5) is 10.1 Å². The van der Waals surface area contributed by atoms with Crippen molar-refractivity contribution in [1.29, 1.82) is 0 Å². The summed E-state index contributed by atoms with van der Waals surface area (Å²) in [4.78, 5) is 16.6. The number of halogens is 2. The minimum atomic E-state index is -0.646. The molecule has 5 nitrogen and oxygen atoms in total. The lowest BCUT2D eigenvalue weighted by atomic mass is 9.92. The molecule has 1 aromatic rings. The molecule has 0 saturated carbocycles. The van der Waals surface area contributed by atoms with Gasteiger partial charge in [0.25, 0.3) is 0 Å². The maximum atomic E-state index is 14.4. The predicted octanol–water partition coefficient (Wildman–Crippen LogP) is 4.20. The van der Waals surface area contributed by atoms with Crippen molar-refractivity contribution < 1.29 is 9.18 Å². The highest BCUT2D eigenvalue weighted by molar-refractivity contribution is 6.31. The molecule has 3 rings (SSSR count). The van der Waals surface area contributed by atoms with Crippen LogP contribution in [0.2, 0.25) is 5.02 Å². The average Bonchev–Trinajstić information content (AvgIpc) is 2.92. The molecule has 108 valence electrons. The highest BCUT2D eigenvalue weighted by Crippen LogP contribution is 2.39. The van der Waals surface area contributed by atoms with Gasteiger partial charge in [0.15, 0.2) is 0 Å². The molecule has 0 bridgehead atoms. The van der Waals surface area contributed by atoms with E-state index >= 15 is 0 Å². The first-order valence-electron chi connectivity index (χ1n) is 6.66. The number of hydrogen-bond acceptors (Lipinski definition) is 2. The van der Waals surface area contributed by atoms with Gasteiger partial charge >= 0.3 is 0 Å². The van der Waals surface area contributed by atoms with Crippen LogP contribution in [0, 0.1) is 5.82 Å². The van der Waals surface area contributed by atoms with Crippen LogP contribution in [0.15, 0.2) is 23.3 Å². The van der Waals surface area contributed by atoms with Gasteiger partial charge in [0.2, 0.25) is 5.91 Å². The van der Waals surface area contributed by atoms with E-state index in [-0.39, 0.29) is 28.2 Å². The van der Waals surface area contributed by atoms with E-state index in [1.54, 1.807) is 4.90 Å². The van der Waals surface area contributed by atoms with Crippen molar-refractivity contribution in [3.63, 3.8) is 0 Å². The van der Waals surface area contributed by atoms with Crippen molar-refractivity contribution in [1.82, 2.24) is 4.90 Å². The molecule has 2 heterocycles. The Labute approximate surface area is 125 Å². The maximum absolute atomic E-state index is 14.4. The minimum absolute atomic E-state index is 0.0518. The Morgan fingerprint density at radius 2 is 2.29 bits per heavy atom. The van der Waals surface area contributed by atoms with Crippen molar-refractivity contribution in [2.24, 2.45) is 5.11 Å². The van der Waals surface area contributed by atoms with Gasteiger partial charge in [-0.1, -0.05) is 22.8 Å². The molecule has 1 amide bonds. The van der Waals surface area contributed by atoms with Crippen LogP contribution in [0.3, 0.4) is 0 Å². The van der Waals surface area contributed by atoms with E-state index < -0.39 is 5.82 Å². The lowest BCUT2D eigenvalue weighted by molar-refractivity contribution is -0.127. The Morgan fingerprint density at radius 3 is 3.05 bits per heavy atom. The normalized spacial score (nSPS) is 20.9. The predicted molar refractivity (Wildman–Crippen MR) is 77.5 cm³/mol. The summed E-state index contributed by atoms with van der Waals surface area (Å²) in [6, 6.07) is 2.90. The monoisotopic (exact) mass is 306 g/mol. The van der Waals surface area contributed by atoms with E-state index in [2.05, 4.69) is 10.0 Å². The Bertz CT molecular complexity index is 696. The van der Waals surface area contributed by atoms with E-state index in [1.807, 2.05) is 0 Å². The highest BCUT2D eigenvalue weighted by atomic mass is 35.5. The number of carbonyl (C=O) groups excluding carboxylic acids is 1. The number of fused-ring (bicyclic) bond motifs is 1. The van der Waals surface area contributed by atoms with E-state index in [4.69, 9.17) is 17.1 Å². The number of nitrogens with zero attached hydrogens (tertiary/aromatic N) is 4. The highest BCUT2D eigenvalue weighted by Gasteiger charge is 2.33. The van der Waals surface area contributed by atoms with E-state index in [9.17, 15) is 9.18 Å². The van der Waals surface area contributed by atoms with Crippen molar-refractivity contribution in [3.8, 4) is 0 Å². The molecule has 0 aromatic heterocycles. The topological polar surface area (TPSA) is 69.1 Å². The molecule has 2 aliphatic heterocycles. The van der Waals surface area contributed by atoms with Crippen LogP contribution >= 0.6 is 11.6 Å². The van der Waals surface area contributed by atoms with Gasteiger partial charge in [0.1, 0.15) is 5.82 Å². The minimum Gasteiger partial charge on any atom is -0.336 e. The summed E-state index contributed by atoms with van der Waals surface area (Å²) >= 11 is 5.82. The third-order valence-electron chi connectivity index (χ3n) is 3.96. The molecular weight excluding hydrogens is 295 g/mol. The van der Waals surface area contributed by atoms with Crippen LogP contribution in [0.5, 0.6) is 0 Å². The molecule has 0 spiro atoms. The standard InChI is InChI=1S/C14H12ClFN4O/c15-10-3-4-11(18-19-17)13(14(10)16)8-6-9-2-1-5-20(9)12(21)7-8/h3-4,7,9H,1-2,5-6H2. The fraction of sp³-hybridized carbons (Fsp3) is 0.357. The van der Waals surface area contributed by atoms with Crippen molar-refractivity contribution in [3.05, 3.63) is 45.1 Å². The maximum Gasteiger partial charge on any atom is 0.247 e. The second-order valence-electron chi connectivity index (χ2n) is 5.15. The Kier molecular flexibility index (Phi) is 3.57. The van der Waals surface area contributed by atoms with Gasteiger partial charge in [0, 0.05) is 34.8 Å². The molecule has 1 aromatic carbocycles. The van der Waals surface area contributed by atoms with Crippen molar-refractivity contribution in [2.45, 2.75) is 25.3 Å². The SMILES string of the molecule is [N-]=[N+]=Nc1ccc(Cl)c(F)c1C1=CC(=O)N2CCCC2C1. The zero-order valence-corrected chi connectivity index (χ0v) is 11.8. The molecule has 0 aliphatic carbocycles. The number of carbonyl (C=O) groups is 1. The van der Waals surface area contributed by atoms with Crippen LogP contribution in [-0.4, -0.2) is 23.4 Å². The number of rotatable bonds is 2. The molecular formula is C14H12ClFN4O. The number of amides is 1. The number of azide groups is 1. The molecule has 7 heteroatoms. The van der Waals surface area contributed by atoms with E-state index in [1.165, 1.54) is 18.2 Å². The van der Waals surface area contributed by atoms with E-state index in [0.717, 1.165) is 19.4 Å². The fourth-order valence-electron chi connectivity index (χ4n) is 3.03.